The monoisotopic (exact) mass is 182 g/mol. The van der Waals surface area contributed by atoms with Crippen LogP contribution < -0.4 is 0 Å². The third-order valence-electron chi connectivity index (χ3n) is 3.64. The van der Waals surface area contributed by atoms with Crippen molar-refractivity contribution in [1.29, 1.82) is 0 Å². The van der Waals surface area contributed by atoms with E-state index in [4.69, 9.17) is 0 Å². The second kappa shape index (κ2) is 6.45. The molecule has 2 atom stereocenters. The van der Waals surface area contributed by atoms with Crippen molar-refractivity contribution >= 4 is 0 Å². The van der Waals surface area contributed by atoms with E-state index >= 15 is 0 Å². The highest BCUT2D eigenvalue weighted by molar-refractivity contribution is 4.73. The first kappa shape index (κ1) is 11.1. The third-order valence-corrected chi connectivity index (χ3v) is 3.64. The van der Waals surface area contributed by atoms with Crippen LogP contribution in [0.2, 0.25) is 0 Å². The molecule has 0 aromatic rings. The molecule has 0 radical (unpaired) electrons. The average Bonchev–Trinajstić information content (AvgIpc) is 2.33. The number of rotatable bonds is 4. The van der Waals surface area contributed by atoms with Gasteiger partial charge in [-0.3, -0.25) is 0 Å². The maximum absolute atomic E-state index is 2.34. The van der Waals surface area contributed by atoms with Crippen LogP contribution in [0.15, 0.2) is 0 Å². The Labute approximate surface area is 84.1 Å². The Morgan fingerprint density at radius 3 is 1.62 bits per heavy atom. The van der Waals surface area contributed by atoms with Gasteiger partial charge in [0.15, 0.2) is 0 Å². The largest absolute Gasteiger partial charge is 0.0654 e. The van der Waals surface area contributed by atoms with Crippen LogP contribution in [-0.4, -0.2) is 0 Å². The molecule has 1 rings (SSSR count). The molecular weight excluding hydrogens is 156 g/mol. The number of hydrogen-bond donors (Lipinski definition) is 0. The molecule has 0 spiro atoms. The fourth-order valence-electron chi connectivity index (χ4n) is 2.96. The minimum absolute atomic E-state index is 1.08. The van der Waals surface area contributed by atoms with Gasteiger partial charge in [-0.25, -0.2) is 0 Å². The van der Waals surface area contributed by atoms with Crippen LogP contribution in [0.25, 0.3) is 0 Å². The van der Waals surface area contributed by atoms with Crippen LogP contribution in [0.3, 0.4) is 0 Å². The zero-order chi connectivity index (χ0) is 9.52. The summed E-state index contributed by atoms with van der Waals surface area (Å²) in [6, 6.07) is 0. The summed E-state index contributed by atoms with van der Waals surface area (Å²) in [6.45, 7) is 4.68. The first-order valence-corrected chi connectivity index (χ1v) is 6.38. The molecule has 0 bridgehead atoms. The lowest BCUT2D eigenvalue weighted by Crippen LogP contribution is -2.13. The quantitative estimate of drug-likeness (QED) is 0.549. The molecule has 1 aliphatic carbocycles. The van der Waals surface area contributed by atoms with E-state index in [1.165, 1.54) is 57.8 Å². The fourth-order valence-corrected chi connectivity index (χ4v) is 2.96. The van der Waals surface area contributed by atoms with Crippen molar-refractivity contribution in [2.45, 2.75) is 71.6 Å². The molecule has 1 aliphatic rings. The molecule has 0 N–H and O–H groups in total. The summed E-state index contributed by atoms with van der Waals surface area (Å²) in [5.74, 6) is 2.15. The van der Waals surface area contributed by atoms with Gasteiger partial charge in [0, 0.05) is 0 Å². The van der Waals surface area contributed by atoms with E-state index < -0.39 is 0 Å². The van der Waals surface area contributed by atoms with Gasteiger partial charge >= 0.3 is 0 Å². The van der Waals surface area contributed by atoms with Gasteiger partial charge in [0.05, 0.1) is 0 Å². The van der Waals surface area contributed by atoms with Gasteiger partial charge in [-0.05, 0) is 11.8 Å². The van der Waals surface area contributed by atoms with Gasteiger partial charge in [0.25, 0.3) is 0 Å². The van der Waals surface area contributed by atoms with E-state index in [1.807, 2.05) is 0 Å². The summed E-state index contributed by atoms with van der Waals surface area (Å²) in [5.41, 5.74) is 0. The molecule has 0 nitrogen and oxygen atoms in total. The zero-order valence-corrected chi connectivity index (χ0v) is 9.52. The molecule has 0 aromatic carbocycles. The highest BCUT2D eigenvalue weighted by Crippen LogP contribution is 2.34. The van der Waals surface area contributed by atoms with E-state index in [9.17, 15) is 0 Å². The van der Waals surface area contributed by atoms with Crippen molar-refractivity contribution < 1.29 is 0 Å². The van der Waals surface area contributed by atoms with Crippen molar-refractivity contribution in [3.8, 4) is 0 Å². The van der Waals surface area contributed by atoms with Crippen LogP contribution in [0.1, 0.15) is 71.6 Å². The van der Waals surface area contributed by atoms with Gasteiger partial charge < -0.3 is 0 Å². The lowest BCUT2D eigenvalue weighted by Gasteiger charge is -2.24. The Bertz CT molecular complexity index is 103. The van der Waals surface area contributed by atoms with Crippen molar-refractivity contribution in [1.82, 2.24) is 0 Å². The summed E-state index contributed by atoms with van der Waals surface area (Å²) in [4.78, 5) is 0. The Kier molecular flexibility index (Phi) is 5.50. The van der Waals surface area contributed by atoms with Crippen LogP contribution in [0.4, 0.5) is 0 Å². The Balaban J connectivity index is 2.40. The van der Waals surface area contributed by atoms with Crippen molar-refractivity contribution in [3.05, 3.63) is 0 Å². The lowest BCUT2D eigenvalue weighted by molar-refractivity contribution is 0.274. The number of hydrogen-bond acceptors (Lipinski definition) is 0. The SMILES string of the molecule is CCCC1CCCCCC1CCC. The second-order valence-corrected chi connectivity index (χ2v) is 4.74. The average molecular weight is 182 g/mol. The predicted molar refractivity (Wildman–Crippen MR) is 59.9 cm³/mol. The predicted octanol–water partition coefficient (Wildman–Crippen LogP) is 4.78. The molecular formula is C13H26. The van der Waals surface area contributed by atoms with Gasteiger partial charge in [-0.1, -0.05) is 71.6 Å². The Hall–Kier alpha value is 0. The van der Waals surface area contributed by atoms with Crippen LogP contribution in [0.5, 0.6) is 0 Å². The van der Waals surface area contributed by atoms with Gasteiger partial charge in [-0.15, -0.1) is 0 Å². The summed E-state index contributed by atoms with van der Waals surface area (Å²) in [5, 5.41) is 0. The molecule has 0 amide bonds. The highest BCUT2D eigenvalue weighted by atomic mass is 14.3. The molecule has 2 unspecified atom stereocenters. The normalized spacial score (nSPS) is 30.0. The molecule has 1 saturated carbocycles. The summed E-state index contributed by atoms with van der Waals surface area (Å²) < 4.78 is 0. The molecule has 1 fully saturated rings. The van der Waals surface area contributed by atoms with Crippen molar-refractivity contribution in [2.24, 2.45) is 11.8 Å². The molecule has 13 heavy (non-hydrogen) atoms. The second-order valence-electron chi connectivity index (χ2n) is 4.74. The summed E-state index contributed by atoms with van der Waals surface area (Å²) >= 11 is 0. The van der Waals surface area contributed by atoms with E-state index in [-0.39, 0.29) is 0 Å². The highest BCUT2D eigenvalue weighted by Gasteiger charge is 2.21. The summed E-state index contributed by atoms with van der Waals surface area (Å²) in [6.07, 6.45) is 13.3. The van der Waals surface area contributed by atoms with Crippen LogP contribution in [-0.2, 0) is 0 Å². The Morgan fingerprint density at radius 2 is 1.23 bits per heavy atom. The van der Waals surface area contributed by atoms with Crippen molar-refractivity contribution in [2.75, 3.05) is 0 Å². The van der Waals surface area contributed by atoms with Crippen LogP contribution in [0, 0.1) is 11.8 Å². The van der Waals surface area contributed by atoms with E-state index in [2.05, 4.69) is 13.8 Å². The molecule has 78 valence electrons. The molecule has 0 aromatic heterocycles. The van der Waals surface area contributed by atoms with Gasteiger partial charge in [0.2, 0.25) is 0 Å². The first-order valence-electron chi connectivity index (χ1n) is 6.38. The minimum atomic E-state index is 1.08. The van der Waals surface area contributed by atoms with Gasteiger partial charge in [-0.2, -0.15) is 0 Å². The zero-order valence-electron chi connectivity index (χ0n) is 9.52. The summed E-state index contributed by atoms with van der Waals surface area (Å²) in [7, 11) is 0. The minimum Gasteiger partial charge on any atom is -0.0654 e. The molecule has 0 saturated heterocycles. The topological polar surface area (TPSA) is 0 Å². The van der Waals surface area contributed by atoms with Crippen molar-refractivity contribution in [3.63, 3.8) is 0 Å². The van der Waals surface area contributed by atoms with Gasteiger partial charge in [0.1, 0.15) is 0 Å². The standard InChI is InChI=1S/C13H26/c1-3-8-12-10-6-5-7-11-13(12)9-4-2/h12-13H,3-11H2,1-2H3. The maximum Gasteiger partial charge on any atom is -0.0386 e. The van der Waals surface area contributed by atoms with E-state index in [0.717, 1.165) is 11.8 Å². The molecule has 0 heterocycles. The van der Waals surface area contributed by atoms with E-state index in [0.29, 0.717) is 0 Å². The van der Waals surface area contributed by atoms with E-state index in [1.54, 1.807) is 0 Å². The lowest BCUT2D eigenvalue weighted by atomic mass is 9.82. The molecule has 0 aliphatic heterocycles. The maximum atomic E-state index is 2.34. The van der Waals surface area contributed by atoms with Crippen LogP contribution >= 0.6 is 0 Å². The third kappa shape index (κ3) is 3.70. The molecule has 0 heteroatoms. The smallest absolute Gasteiger partial charge is 0.0386 e. The first-order chi connectivity index (χ1) is 6.38. The Morgan fingerprint density at radius 1 is 0.769 bits per heavy atom. The fraction of sp³-hybridized carbons (Fsp3) is 1.00.